The van der Waals surface area contributed by atoms with Gasteiger partial charge >= 0.3 is 0 Å². The molecule has 0 aromatic rings. The summed E-state index contributed by atoms with van der Waals surface area (Å²) >= 11 is 15.9. The van der Waals surface area contributed by atoms with E-state index in [2.05, 4.69) is 0 Å². The summed E-state index contributed by atoms with van der Waals surface area (Å²) in [7, 11) is 0. The first-order valence-corrected chi connectivity index (χ1v) is 4.20. The number of alkyl halides is 3. The molecular formula is C6H13Cl3O2. The molecule has 0 aliphatic carbocycles. The minimum atomic E-state index is -1.59. The first-order valence-electron chi connectivity index (χ1n) is 3.06. The number of hydrogen-bond acceptors (Lipinski definition) is 2. The molecule has 0 saturated carbocycles. The van der Waals surface area contributed by atoms with Crippen molar-refractivity contribution in [3.05, 3.63) is 0 Å². The van der Waals surface area contributed by atoms with Crippen molar-refractivity contribution in [2.45, 2.75) is 30.2 Å². The molecule has 0 aliphatic heterocycles. The molecule has 70 valence electrons. The summed E-state index contributed by atoms with van der Waals surface area (Å²) in [6, 6.07) is 0. The van der Waals surface area contributed by atoms with Gasteiger partial charge in [0.05, 0.1) is 0 Å². The van der Waals surface area contributed by atoms with Gasteiger partial charge in [-0.05, 0) is 20.8 Å². The molecule has 2 nitrogen and oxygen atoms in total. The van der Waals surface area contributed by atoms with Crippen LogP contribution in [-0.2, 0) is 0 Å². The van der Waals surface area contributed by atoms with Crippen LogP contribution in [0.4, 0.5) is 0 Å². The fourth-order valence-corrected chi connectivity index (χ4v) is 0. The fourth-order valence-electron chi connectivity index (χ4n) is 0. The average molecular weight is 224 g/mol. The van der Waals surface area contributed by atoms with Crippen molar-refractivity contribution in [3.8, 4) is 0 Å². The summed E-state index contributed by atoms with van der Waals surface area (Å²) in [5, 5.41) is 16.5. The van der Waals surface area contributed by atoms with Gasteiger partial charge in [-0.3, -0.25) is 0 Å². The van der Waals surface area contributed by atoms with Gasteiger partial charge in [-0.1, -0.05) is 34.8 Å². The Morgan fingerprint density at radius 3 is 1.27 bits per heavy atom. The predicted octanol–water partition coefficient (Wildman–Crippen LogP) is 2.13. The van der Waals surface area contributed by atoms with E-state index in [0.29, 0.717) is 0 Å². The Morgan fingerprint density at radius 1 is 1.18 bits per heavy atom. The fraction of sp³-hybridized carbons (Fsp3) is 1.00. The molecule has 0 saturated heterocycles. The summed E-state index contributed by atoms with van der Waals surface area (Å²) in [4.78, 5) is 0. The standard InChI is InChI=1S/C4H7Cl3O.C2H6O/c1-3(2,8)4(5,6)7;1-2-3/h8H,1-2H3;3H,2H2,1H3. The van der Waals surface area contributed by atoms with Gasteiger partial charge in [0.1, 0.15) is 5.60 Å². The van der Waals surface area contributed by atoms with Crippen LogP contribution in [-0.4, -0.2) is 26.2 Å². The minimum absolute atomic E-state index is 0.250. The van der Waals surface area contributed by atoms with Crippen molar-refractivity contribution in [1.82, 2.24) is 0 Å². The maximum atomic E-state index is 8.96. The summed E-state index contributed by atoms with van der Waals surface area (Å²) in [5.41, 5.74) is -1.27. The zero-order valence-electron chi connectivity index (χ0n) is 6.74. The molecule has 0 heterocycles. The monoisotopic (exact) mass is 222 g/mol. The smallest absolute Gasteiger partial charge is 0.218 e. The summed E-state index contributed by atoms with van der Waals surface area (Å²) in [5.74, 6) is 0. The Kier molecular flexibility index (Phi) is 7.08. The first kappa shape index (κ1) is 14.3. The molecule has 0 atom stereocenters. The van der Waals surface area contributed by atoms with Gasteiger partial charge < -0.3 is 10.2 Å². The topological polar surface area (TPSA) is 40.5 Å². The molecule has 0 unspecified atom stereocenters. The first-order chi connectivity index (χ1) is 4.66. The van der Waals surface area contributed by atoms with E-state index in [0.717, 1.165) is 0 Å². The van der Waals surface area contributed by atoms with Gasteiger partial charge in [0.2, 0.25) is 3.79 Å². The van der Waals surface area contributed by atoms with Gasteiger partial charge in [-0.2, -0.15) is 0 Å². The third-order valence-electron chi connectivity index (χ3n) is 0.694. The van der Waals surface area contributed by atoms with Gasteiger partial charge in [-0.25, -0.2) is 0 Å². The van der Waals surface area contributed by atoms with E-state index in [4.69, 9.17) is 45.0 Å². The Bertz CT molecular complexity index is 81.0. The van der Waals surface area contributed by atoms with E-state index in [1.807, 2.05) is 0 Å². The molecule has 11 heavy (non-hydrogen) atoms. The highest BCUT2D eigenvalue weighted by molar-refractivity contribution is 6.68. The van der Waals surface area contributed by atoms with E-state index in [9.17, 15) is 0 Å². The number of aliphatic hydroxyl groups is 2. The molecule has 0 aliphatic rings. The van der Waals surface area contributed by atoms with Crippen molar-refractivity contribution in [2.24, 2.45) is 0 Å². The second kappa shape index (κ2) is 5.44. The normalized spacial score (nSPS) is 12.0. The van der Waals surface area contributed by atoms with E-state index in [1.54, 1.807) is 6.92 Å². The van der Waals surface area contributed by atoms with Crippen LogP contribution in [0.5, 0.6) is 0 Å². The lowest BCUT2D eigenvalue weighted by Gasteiger charge is -2.25. The van der Waals surface area contributed by atoms with E-state index >= 15 is 0 Å². The second-order valence-electron chi connectivity index (χ2n) is 2.37. The Hall–Kier alpha value is 0.790. The lowest BCUT2D eigenvalue weighted by atomic mass is 10.2. The van der Waals surface area contributed by atoms with Crippen LogP contribution in [0, 0.1) is 0 Å². The molecule has 0 rings (SSSR count). The zero-order chi connectivity index (χ0) is 9.71. The Balaban J connectivity index is 0. The van der Waals surface area contributed by atoms with Crippen LogP contribution in [0.25, 0.3) is 0 Å². The van der Waals surface area contributed by atoms with Crippen LogP contribution in [0.3, 0.4) is 0 Å². The van der Waals surface area contributed by atoms with E-state index in [-0.39, 0.29) is 6.61 Å². The number of aliphatic hydroxyl groups excluding tert-OH is 1. The molecule has 0 radical (unpaired) electrons. The molecular weight excluding hydrogens is 210 g/mol. The maximum Gasteiger partial charge on any atom is 0.218 e. The van der Waals surface area contributed by atoms with Crippen LogP contribution >= 0.6 is 34.8 Å². The van der Waals surface area contributed by atoms with Gasteiger partial charge in [0.15, 0.2) is 0 Å². The van der Waals surface area contributed by atoms with E-state index < -0.39 is 9.39 Å². The number of hydrogen-bond donors (Lipinski definition) is 2. The molecule has 0 amide bonds. The third kappa shape index (κ3) is 8.70. The van der Waals surface area contributed by atoms with Crippen LogP contribution in [0.2, 0.25) is 0 Å². The highest BCUT2D eigenvalue weighted by Crippen LogP contribution is 2.37. The largest absolute Gasteiger partial charge is 0.397 e. The second-order valence-corrected chi connectivity index (χ2v) is 4.65. The van der Waals surface area contributed by atoms with Crippen molar-refractivity contribution in [2.75, 3.05) is 6.61 Å². The number of rotatable bonds is 0. The number of halogens is 3. The predicted molar refractivity (Wildman–Crippen MR) is 49.3 cm³/mol. The lowest BCUT2D eigenvalue weighted by molar-refractivity contribution is 0.0847. The summed E-state index contributed by atoms with van der Waals surface area (Å²) in [6.07, 6.45) is 0. The van der Waals surface area contributed by atoms with Gasteiger partial charge in [0.25, 0.3) is 0 Å². The zero-order valence-corrected chi connectivity index (χ0v) is 9.00. The Labute approximate surface area is 82.1 Å². The molecule has 0 spiro atoms. The van der Waals surface area contributed by atoms with Crippen LogP contribution < -0.4 is 0 Å². The van der Waals surface area contributed by atoms with Crippen molar-refractivity contribution in [3.63, 3.8) is 0 Å². The molecule has 5 heteroatoms. The van der Waals surface area contributed by atoms with Crippen LogP contribution in [0.15, 0.2) is 0 Å². The molecule has 0 aromatic heterocycles. The summed E-state index contributed by atoms with van der Waals surface area (Å²) < 4.78 is -1.59. The van der Waals surface area contributed by atoms with Gasteiger partial charge in [0, 0.05) is 6.61 Å². The molecule has 0 bridgehead atoms. The lowest BCUT2D eigenvalue weighted by Crippen LogP contribution is -2.35. The van der Waals surface area contributed by atoms with Crippen molar-refractivity contribution >= 4 is 34.8 Å². The maximum absolute atomic E-state index is 8.96. The minimum Gasteiger partial charge on any atom is -0.397 e. The van der Waals surface area contributed by atoms with Crippen LogP contribution in [0.1, 0.15) is 20.8 Å². The van der Waals surface area contributed by atoms with E-state index in [1.165, 1.54) is 13.8 Å². The third-order valence-corrected chi connectivity index (χ3v) is 2.08. The molecule has 0 fully saturated rings. The molecule has 2 N–H and O–H groups in total. The highest BCUT2D eigenvalue weighted by atomic mass is 35.6. The van der Waals surface area contributed by atoms with Crippen molar-refractivity contribution < 1.29 is 10.2 Å². The Morgan fingerprint density at radius 2 is 1.27 bits per heavy atom. The van der Waals surface area contributed by atoms with Gasteiger partial charge in [-0.15, -0.1) is 0 Å². The molecule has 0 aromatic carbocycles. The van der Waals surface area contributed by atoms with Crippen molar-refractivity contribution in [1.29, 1.82) is 0 Å². The SMILES string of the molecule is CC(C)(O)C(Cl)(Cl)Cl.CCO. The quantitative estimate of drug-likeness (QED) is 0.618. The summed E-state index contributed by atoms with van der Waals surface area (Å²) in [6.45, 7) is 4.79. The highest BCUT2D eigenvalue weighted by Gasteiger charge is 2.38. The average Bonchev–Trinajstić information content (AvgIpc) is 1.60.